The number of aromatic nitrogens is 2. The molecule has 9 heteroatoms. The lowest BCUT2D eigenvalue weighted by Gasteiger charge is -2.36. The van der Waals surface area contributed by atoms with Crippen molar-refractivity contribution >= 4 is 23.5 Å². The first kappa shape index (κ1) is 23.7. The van der Waals surface area contributed by atoms with E-state index in [-0.39, 0.29) is 19.1 Å². The largest absolute Gasteiger partial charge is 1.00 e. The minimum Gasteiger partial charge on any atom is -1.00 e. The number of hydrogen-bond acceptors (Lipinski definition) is 7. The van der Waals surface area contributed by atoms with E-state index in [1.807, 2.05) is 0 Å². The van der Waals surface area contributed by atoms with Gasteiger partial charge in [0.25, 0.3) is 5.88 Å². The highest BCUT2D eigenvalue weighted by Crippen LogP contribution is 2.30. The maximum Gasteiger partial charge on any atom is 0.512 e. The maximum absolute atomic E-state index is 11.5. The molecule has 2 rings (SSSR count). The van der Waals surface area contributed by atoms with Gasteiger partial charge in [0.1, 0.15) is 12.2 Å². The number of carbonyl (C=O) groups excluding carboxylic acids is 1. The van der Waals surface area contributed by atoms with Crippen LogP contribution in [0.2, 0.25) is 0 Å². The van der Waals surface area contributed by atoms with Gasteiger partial charge < -0.3 is 26.6 Å². The number of carbonyl (C=O) groups is 1. The molecule has 154 valence electrons. The summed E-state index contributed by atoms with van der Waals surface area (Å²) in [7, 11) is 2.07. The first-order valence-corrected chi connectivity index (χ1v) is 10.1. The number of unbranched alkanes of at least 4 members (excludes halogenated alkanes) is 3. The number of ether oxygens (including phenoxy) is 3. The van der Waals surface area contributed by atoms with Crippen LogP contribution >= 0.6 is 11.7 Å². The van der Waals surface area contributed by atoms with E-state index < -0.39 is 6.16 Å². The van der Waals surface area contributed by atoms with Gasteiger partial charge in [-0.25, -0.2) is 4.79 Å². The summed E-state index contributed by atoms with van der Waals surface area (Å²) in [4.78, 5) is 11.5. The number of likely N-dealkylation sites (N-methyl/N-ethyl adjacent to an activating group) is 1. The summed E-state index contributed by atoms with van der Waals surface area (Å²) in [5, 5.41) is 0. The molecule has 1 aliphatic heterocycles. The number of hydrogen-bond donors (Lipinski definition) is 0. The molecule has 0 saturated heterocycles. The Bertz CT molecular complexity index is 611. The number of rotatable bonds is 10. The third-order valence-electron chi connectivity index (χ3n) is 4.37. The molecule has 0 N–H and O–H groups in total. The van der Waals surface area contributed by atoms with Crippen LogP contribution in [-0.4, -0.2) is 59.5 Å². The van der Waals surface area contributed by atoms with Crippen molar-refractivity contribution < 1.29 is 35.9 Å². The van der Waals surface area contributed by atoms with Crippen molar-refractivity contribution in [2.45, 2.75) is 46.0 Å². The zero-order valence-electron chi connectivity index (χ0n) is 16.4. The van der Waals surface area contributed by atoms with Crippen molar-refractivity contribution in [1.29, 1.82) is 0 Å². The average molecular weight is 420 g/mol. The quantitative estimate of drug-likeness (QED) is 0.318. The highest BCUT2D eigenvalue weighted by atomic mass is 35.5. The number of nitrogens with zero attached hydrogens (tertiary/aromatic N) is 3. The highest BCUT2D eigenvalue weighted by molar-refractivity contribution is 6.99. The fourth-order valence-electron chi connectivity index (χ4n) is 2.92. The van der Waals surface area contributed by atoms with Crippen LogP contribution in [0.4, 0.5) is 4.79 Å². The number of quaternary nitrogens is 1. The van der Waals surface area contributed by atoms with Gasteiger partial charge in [-0.15, -0.1) is 4.37 Å². The Kier molecular flexibility index (Phi) is 10.6. The van der Waals surface area contributed by atoms with Gasteiger partial charge in [-0.2, -0.15) is 4.37 Å². The molecule has 0 spiro atoms. The van der Waals surface area contributed by atoms with Gasteiger partial charge >= 0.3 is 6.16 Å². The maximum atomic E-state index is 11.5. The molecule has 1 aliphatic rings. The van der Waals surface area contributed by atoms with E-state index in [2.05, 4.69) is 28.8 Å². The molecule has 0 saturated carbocycles. The minimum atomic E-state index is -0.616. The van der Waals surface area contributed by atoms with E-state index in [4.69, 9.17) is 14.2 Å². The fourth-order valence-corrected chi connectivity index (χ4v) is 3.46. The normalized spacial score (nSPS) is 19.0. The fraction of sp³-hybridized carbons (Fsp3) is 0.722. The van der Waals surface area contributed by atoms with E-state index in [9.17, 15) is 4.79 Å². The summed E-state index contributed by atoms with van der Waals surface area (Å²) in [5.41, 5.74) is 1.93. The van der Waals surface area contributed by atoms with Crippen LogP contribution in [0.3, 0.4) is 0 Å². The predicted octanol–water partition coefficient (Wildman–Crippen LogP) is 0.866. The Labute approximate surface area is 172 Å². The van der Waals surface area contributed by atoms with Crippen molar-refractivity contribution in [2.75, 3.05) is 40.1 Å². The van der Waals surface area contributed by atoms with Gasteiger partial charge in [0.15, 0.2) is 0 Å². The molecule has 27 heavy (non-hydrogen) atoms. The van der Waals surface area contributed by atoms with Crippen LogP contribution < -0.4 is 17.1 Å². The Morgan fingerprint density at radius 2 is 2.04 bits per heavy atom. The van der Waals surface area contributed by atoms with Crippen LogP contribution in [0.15, 0.2) is 6.08 Å². The summed E-state index contributed by atoms with van der Waals surface area (Å²) in [6.07, 6.45) is 7.11. The van der Waals surface area contributed by atoms with Crippen LogP contribution in [0.1, 0.15) is 51.6 Å². The molecule has 1 unspecified atom stereocenters. The minimum absolute atomic E-state index is 0. The third kappa shape index (κ3) is 7.63. The molecule has 1 aromatic rings. The molecular formula is C18H30ClN3O4S. The Morgan fingerprint density at radius 1 is 1.22 bits per heavy atom. The highest BCUT2D eigenvalue weighted by Gasteiger charge is 2.31. The molecule has 0 bridgehead atoms. The van der Waals surface area contributed by atoms with E-state index in [0.717, 1.165) is 37.2 Å². The molecule has 0 amide bonds. The first-order chi connectivity index (χ1) is 12.6. The third-order valence-corrected chi connectivity index (χ3v) is 4.88. The summed E-state index contributed by atoms with van der Waals surface area (Å²) >= 11 is 1.18. The van der Waals surface area contributed by atoms with Crippen molar-refractivity contribution in [2.24, 2.45) is 0 Å². The molecule has 0 radical (unpaired) electrons. The second-order valence-corrected chi connectivity index (χ2v) is 7.33. The summed E-state index contributed by atoms with van der Waals surface area (Å²) < 4.78 is 25.3. The Morgan fingerprint density at radius 3 is 2.78 bits per heavy atom. The van der Waals surface area contributed by atoms with E-state index in [0.29, 0.717) is 23.6 Å². The molecule has 7 nitrogen and oxygen atoms in total. The van der Waals surface area contributed by atoms with Gasteiger partial charge in [-0.3, -0.25) is 4.48 Å². The molecular weight excluding hydrogens is 390 g/mol. The smallest absolute Gasteiger partial charge is 0.512 e. The number of halogens is 1. The first-order valence-electron chi connectivity index (χ1n) is 9.36. The van der Waals surface area contributed by atoms with Crippen molar-refractivity contribution in [3.8, 4) is 5.88 Å². The van der Waals surface area contributed by atoms with Crippen molar-refractivity contribution in [3.63, 3.8) is 0 Å². The van der Waals surface area contributed by atoms with Crippen molar-refractivity contribution in [3.05, 3.63) is 11.8 Å². The van der Waals surface area contributed by atoms with Gasteiger partial charge in [-0.05, 0) is 13.3 Å². The predicted molar refractivity (Wildman–Crippen MR) is 101 cm³/mol. The van der Waals surface area contributed by atoms with Gasteiger partial charge in [0, 0.05) is 12.0 Å². The lowest BCUT2D eigenvalue weighted by molar-refractivity contribution is -0.919. The second kappa shape index (κ2) is 12.2. The van der Waals surface area contributed by atoms with E-state index in [1.54, 1.807) is 6.92 Å². The molecule has 0 fully saturated rings. The van der Waals surface area contributed by atoms with Crippen LogP contribution in [0, 0.1) is 0 Å². The van der Waals surface area contributed by atoms with Gasteiger partial charge in [-0.1, -0.05) is 32.3 Å². The zero-order chi connectivity index (χ0) is 18.8. The summed E-state index contributed by atoms with van der Waals surface area (Å²) in [6, 6.07) is 0. The SMILES string of the molecule is CCCCCCOc1nsnc1C1=CCC[N+](C)(COC(=O)OCC)C1.[Cl-]. The zero-order valence-corrected chi connectivity index (χ0v) is 18.0. The monoisotopic (exact) mass is 419 g/mol. The van der Waals surface area contributed by atoms with E-state index >= 15 is 0 Å². The lowest BCUT2D eigenvalue weighted by atomic mass is 10.1. The molecule has 1 atom stereocenters. The lowest BCUT2D eigenvalue weighted by Crippen LogP contribution is -3.00. The Hall–Kier alpha value is -1.38. The standard InChI is InChI=1S/C18H30N3O4S.ClH/c1-4-6-7-8-12-24-17-16(19-26-20-17)15-10-9-11-21(3,13-15)14-25-18(22)23-5-2;/h10H,4-9,11-14H2,1-3H3;1H/q+1;/p-1. The Balaban J connectivity index is 0.00000364. The second-order valence-electron chi connectivity index (χ2n) is 6.80. The van der Waals surface area contributed by atoms with E-state index in [1.165, 1.54) is 31.0 Å². The van der Waals surface area contributed by atoms with Crippen molar-refractivity contribution in [1.82, 2.24) is 8.75 Å². The molecule has 0 aliphatic carbocycles. The van der Waals surface area contributed by atoms with Crippen LogP contribution in [-0.2, 0) is 9.47 Å². The summed E-state index contributed by atoms with van der Waals surface area (Å²) in [6.45, 7) is 6.84. The molecule has 0 aromatic carbocycles. The van der Waals surface area contributed by atoms with Crippen LogP contribution in [0.5, 0.6) is 5.88 Å². The summed E-state index contributed by atoms with van der Waals surface area (Å²) in [5.74, 6) is 0.623. The molecule has 2 heterocycles. The van der Waals surface area contributed by atoms with Gasteiger partial charge in [0.2, 0.25) is 6.73 Å². The topological polar surface area (TPSA) is 70.5 Å². The molecule has 1 aromatic heterocycles. The average Bonchev–Trinajstić information content (AvgIpc) is 3.09. The van der Waals surface area contributed by atoms with Crippen LogP contribution in [0.25, 0.3) is 5.57 Å². The van der Waals surface area contributed by atoms with Gasteiger partial charge in [0.05, 0.1) is 38.5 Å².